The van der Waals surface area contributed by atoms with Crippen molar-refractivity contribution in [1.29, 1.82) is 0 Å². The first-order valence-electron chi connectivity index (χ1n) is 17.8. The van der Waals surface area contributed by atoms with Gasteiger partial charge in [-0.25, -0.2) is 13.5 Å². The Morgan fingerprint density at radius 1 is 0.750 bits per heavy atom. The van der Waals surface area contributed by atoms with Crippen LogP contribution in [0.15, 0.2) is 72.8 Å². The first kappa shape index (κ1) is 37.7. The van der Waals surface area contributed by atoms with Crippen molar-refractivity contribution in [3.63, 3.8) is 0 Å². The first-order chi connectivity index (χ1) is 26.9. The lowest BCUT2D eigenvalue weighted by atomic mass is 9.98. The Hall–Kier alpha value is -6.57. The predicted octanol–water partition coefficient (Wildman–Crippen LogP) is 8.78. The molecule has 0 radical (unpaired) electrons. The molecule has 0 bridgehead atoms. The highest BCUT2D eigenvalue weighted by Crippen LogP contribution is 2.46. The number of aromatic amines is 1. The molecule has 2 aliphatic carbocycles. The van der Waals surface area contributed by atoms with Crippen molar-refractivity contribution in [3.8, 4) is 45.5 Å². The zero-order chi connectivity index (χ0) is 39.7. The number of fused-ring (bicyclic) bond motifs is 6. The summed E-state index contributed by atoms with van der Waals surface area (Å²) >= 11 is 0. The summed E-state index contributed by atoms with van der Waals surface area (Å²) in [6.45, 7) is 5.31. The number of anilines is 4. The fourth-order valence-corrected chi connectivity index (χ4v) is 6.69. The largest absolute Gasteiger partial charge is 0.493 e. The predicted molar refractivity (Wildman–Crippen MR) is 208 cm³/mol. The Kier molecular flexibility index (Phi) is 10.3. The van der Waals surface area contributed by atoms with Crippen molar-refractivity contribution in [1.82, 2.24) is 20.0 Å². The number of H-pyrrole nitrogens is 1. The van der Waals surface area contributed by atoms with Gasteiger partial charge in [-0.3, -0.25) is 9.89 Å². The molecule has 6 aromatic rings. The van der Waals surface area contributed by atoms with Crippen molar-refractivity contribution < 1.29 is 37.3 Å². The number of hydrogen-bond donors (Lipinski definition) is 3. The van der Waals surface area contributed by atoms with Crippen molar-refractivity contribution in [2.75, 3.05) is 39.1 Å². The number of carbonyl (C=O) groups is 1. The number of aromatic nitrogens is 4. The van der Waals surface area contributed by atoms with E-state index in [1.54, 1.807) is 78.2 Å². The lowest BCUT2D eigenvalue weighted by Crippen LogP contribution is -2.24. The van der Waals surface area contributed by atoms with Crippen molar-refractivity contribution in [2.45, 2.75) is 40.3 Å². The van der Waals surface area contributed by atoms with E-state index in [1.165, 1.54) is 24.3 Å². The van der Waals surface area contributed by atoms with Gasteiger partial charge < -0.3 is 34.3 Å². The van der Waals surface area contributed by atoms with Gasteiger partial charge in [0.05, 0.1) is 45.2 Å². The summed E-state index contributed by atoms with van der Waals surface area (Å²) in [5.74, 6) is 2.99. The minimum atomic E-state index is -0.636. The van der Waals surface area contributed by atoms with Crippen LogP contribution in [-0.4, -0.2) is 54.4 Å². The summed E-state index contributed by atoms with van der Waals surface area (Å²) in [7, 11) is 6.42. The van der Waals surface area contributed by atoms with Crippen molar-refractivity contribution in [2.24, 2.45) is 5.41 Å². The second-order valence-corrected chi connectivity index (χ2v) is 14.3. The molecule has 12 nitrogen and oxygen atoms in total. The Balaban J connectivity index is 0.000000178. The number of halogens is 2. The minimum Gasteiger partial charge on any atom is -0.493 e. The highest BCUT2D eigenvalue weighted by molar-refractivity contribution is 5.83. The van der Waals surface area contributed by atoms with Gasteiger partial charge in [-0.2, -0.15) is 10.2 Å². The maximum Gasteiger partial charge on any atom is 0.313 e. The van der Waals surface area contributed by atoms with Gasteiger partial charge in [0, 0.05) is 46.5 Å². The van der Waals surface area contributed by atoms with E-state index >= 15 is 0 Å². The number of nitrogens with zero attached hydrogens (tertiary/aromatic N) is 3. The Bertz CT molecular complexity index is 2440. The van der Waals surface area contributed by atoms with Crippen molar-refractivity contribution in [3.05, 3.63) is 107 Å². The summed E-state index contributed by atoms with van der Waals surface area (Å²) in [5, 5.41) is 18.5. The highest BCUT2D eigenvalue weighted by Gasteiger charge is 2.31. The summed E-state index contributed by atoms with van der Waals surface area (Å²) in [5.41, 5.74) is 8.41. The third kappa shape index (κ3) is 7.41. The Morgan fingerprint density at radius 2 is 1.29 bits per heavy atom. The number of esters is 1. The molecule has 0 saturated heterocycles. The average Bonchev–Trinajstić information content (AvgIpc) is 3.92. The molecule has 0 aliphatic heterocycles. The minimum absolute atomic E-state index is 0.0661. The Labute approximate surface area is 322 Å². The van der Waals surface area contributed by atoms with Gasteiger partial charge in [0.2, 0.25) is 0 Å². The number of hydrogen-bond acceptors (Lipinski definition) is 10. The number of carbonyl (C=O) groups excluding carboxylic acids is 1. The molecule has 0 spiro atoms. The molecule has 0 fully saturated rings. The second kappa shape index (κ2) is 15.3. The van der Waals surface area contributed by atoms with Gasteiger partial charge in [0.25, 0.3) is 0 Å². The van der Waals surface area contributed by atoms with Crippen LogP contribution in [0.4, 0.5) is 31.8 Å². The lowest BCUT2D eigenvalue weighted by Gasteiger charge is -2.18. The van der Waals surface area contributed by atoms with Crippen LogP contribution < -0.4 is 29.6 Å². The van der Waals surface area contributed by atoms with Crippen LogP contribution in [0.3, 0.4) is 0 Å². The molecule has 2 heterocycles. The molecule has 4 aromatic carbocycles. The van der Waals surface area contributed by atoms with E-state index in [-0.39, 0.29) is 24.3 Å². The summed E-state index contributed by atoms with van der Waals surface area (Å²) in [6.07, 6.45) is 1.31. The summed E-state index contributed by atoms with van der Waals surface area (Å²) in [6, 6.07) is 20.3. The van der Waals surface area contributed by atoms with Gasteiger partial charge >= 0.3 is 5.97 Å². The SMILES string of the molecule is COc1cc2c(cc1OC)-c1[nH]nc(Nc3cccc(F)c3)c1C2.COc1cc2c(cc1OC)-c1nn(COC(=O)C(C)(C)C)c(Nc3cccc(F)c3)c1C2. The molecule has 290 valence electrons. The first-order valence-corrected chi connectivity index (χ1v) is 17.8. The van der Waals surface area contributed by atoms with Gasteiger partial charge in [-0.15, -0.1) is 0 Å². The zero-order valence-corrected chi connectivity index (χ0v) is 32.1. The molecule has 0 saturated carbocycles. The van der Waals surface area contributed by atoms with Crippen molar-refractivity contribution >= 4 is 29.0 Å². The van der Waals surface area contributed by atoms with Gasteiger partial charge in [0.15, 0.2) is 35.5 Å². The number of benzene rings is 4. The van der Waals surface area contributed by atoms with Crippen LogP contribution in [0.5, 0.6) is 23.0 Å². The zero-order valence-electron chi connectivity index (χ0n) is 32.1. The standard InChI is InChI=1S/C24H26FN3O4.C18H16FN3O2/c1-24(2,3)23(29)32-13-28-22(26-16-8-6-7-15(25)11-16)18-9-14-10-19(30-4)20(31-5)12-17(14)21(18)27-28;1-23-15-7-10-6-14-17(13(10)9-16(15)24-2)21-22-18(14)20-12-5-3-4-11(19)8-12/h6-8,10-12,26H,9,13H2,1-5H3;3-5,7-9H,6H2,1-2H3,(H2,20,21,22). The number of nitrogens with one attached hydrogen (secondary N) is 3. The lowest BCUT2D eigenvalue weighted by molar-refractivity contribution is -0.157. The highest BCUT2D eigenvalue weighted by atomic mass is 19.1. The molecule has 0 amide bonds. The van der Waals surface area contributed by atoms with Crippen LogP contribution in [0, 0.1) is 17.0 Å². The van der Waals surface area contributed by atoms with E-state index in [1.807, 2.05) is 24.3 Å². The molecule has 0 atom stereocenters. The quantitative estimate of drug-likeness (QED) is 0.116. The van der Waals surface area contributed by atoms with E-state index in [0.29, 0.717) is 52.4 Å². The van der Waals surface area contributed by atoms with Crippen LogP contribution in [0.2, 0.25) is 0 Å². The molecule has 3 N–H and O–H groups in total. The molecule has 8 rings (SSSR count). The van der Waals surface area contributed by atoms with Crippen LogP contribution in [0.1, 0.15) is 43.0 Å². The topological polar surface area (TPSA) is 134 Å². The van der Waals surface area contributed by atoms with E-state index in [9.17, 15) is 13.6 Å². The van der Waals surface area contributed by atoms with Gasteiger partial charge in [-0.05, 0) is 92.6 Å². The molecular formula is C42H42F2N6O6. The molecule has 0 unspecified atom stereocenters. The van der Waals surface area contributed by atoms with E-state index in [2.05, 4.69) is 20.8 Å². The maximum absolute atomic E-state index is 13.8. The molecule has 14 heteroatoms. The monoisotopic (exact) mass is 764 g/mol. The molecule has 2 aromatic heterocycles. The summed E-state index contributed by atoms with van der Waals surface area (Å²) in [4.78, 5) is 12.3. The number of methoxy groups -OCH3 is 4. The van der Waals surface area contributed by atoms with Crippen LogP contribution >= 0.6 is 0 Å². The summed E-state index contributed by atoms with van der Waals surface area (Å²) < 4.78 is 55.9. The molecule has 56 heavy (non-hydrogen) atoms. The second-order valence-electron chi connectivity index (χ2n) is 14.3. The maximum atomic E-state index is 13.8. The van der Waals surface area contributed by atoms with Crippen LogP contribution in [-0.2, 0) is 29.1 Å². The normalized spacial score (nSPS) is 12.0. The smallest absolute Gasteiger partial charge is 0.313 e. The Morgan fingerprint density at radius 3 is 1.86 bits per heavy atom. The fraction of sp³-hybridized carbons (Fsp3) is 0.262. The van der Waals surface area contributed by atoms with E-state index in [0.717, 1.165) is 51.2 Å². The third-order valence-electron chi connectivity index (χ3n) is 9.50. The van der Waals surface area contributed by atoms with Gasteiger partial charge in [-0.1, -0.05) is 12.1 Å². The fourth-order valence-electron chi connectivity index (χ4n) is 6.69. The van der Waals surface area contributed by atoms with E-state index in [4.69, 9.17) is 28.8 Å². The average molecular weight is 765 g/mol. The third-order valence-corrected chi connectivity index (χ3v) is 9.50. The van der Waals surface area contributed by atoms with Gasteiger partial charge in [0.1, 0.15) is 17.5 Å². The number of rotatable bonds is 10. The molecule has 2 aliphatic rings. The van der Waals surface area contributed by atoms with E-state index < -0.39 is 5.41 Å². The molecular weight excluding hydrogens is 722 g/mol. The number of ether oxygens (including phenoxy) is 5. The van der Waals surface area contributed by atoms with Crippen LogP contribution in [0.25, 0.3) is 22.5 Å².